The van der Waals surface area contributed by atoms with E-state index in [-0.39, 0.29) is 23.9 Å². The third-order valence-corrected chi connectivity index (χ3v) is 3.79. The minimum Gasteiger partial charge on any atom is -0.465 e. The molecule has 0 spiro atoms. The van der Waals surface area contributed by atoms with Crippen LogP contribution < -0.4 is 5.73 Å². The SMILES string of the molecule is COC(=O)c1ccc(N)cc1C#CCN1C(=O)c2ccccc2C1=O. The van der Waals surface area contributed by atoms with Crippen molar-refractivity contribution in [2.75, 3.05) is 19.4 Å². The minimum atomic E-state index is -0.537. The number of esters is 1. The van der Waals surface area contributed by atoms with Crippen molar-refractivity contribution in [1.82, 2.24) is 4.90 Å². The van der Waals surface area contributed by atoms with Crippen molar-refractivity contribution in [3.8, 4) is 11.8 Å². The molecule has 0 radical (unpaired) electrons. The zero-order valence-electron chi connectivity index (χ0n) is 13.4. The fourth-order valence-electron chi connectivity index (χ4n) is 2.55. The van der Waals surface area contributed by atoms with Crippen molar-refractivity contribution in [3.63, 3.8) is 0 Å². The van der Waals surface area contributed by atoms with Gasteiger partial charge in [0.1, 0.15) is 0 Å². The molecule has 6 nitrogen and oxygen atoms in total. The van der Waals surface area contributed by atoms with E-state index in [0.717, 1.165) is 4.90 Å². The molecule has 0 unspecified atom stereocenters. The second kappa shape index (κ2) is 6.49. The van der Waals surface area contributed by atoms with Crippen molar-refractivity contribution in [2.45, 2.75) is 0 Å². The first-order valence-electron chi connectivity index (χ1n) is 7.45. The molecule has 0 saturated carbocycles. The summed E-state index contributed by atoms with van der Waals surface area (Å²) in [7, 11) is 1.27. The number of benzene rings is 2. The van der Waals surface area contributed by atoms with Crippen LogP contribution in [0, 0.1) is 11.8 Å². The molecule has 0 saturated heterocycles. The van der Waals surface area contributed by atoms with Crippen molar-refractivity contribution >= 4 is 23.5 Å². The maximum absolute atomic E-state index is 12.3. The van der Waals surface area contributed by atoms with E-state index in [1.54, 1.807) is 36.4 Å². The van der Waals surface area contributed by atoms with Gasteiger partial charge in [-0.1, -0.05) is 24.0 Å². The first-order chi connectivity index (χ1) is 12.0. The third-order valence-electron chi connectivity index (χ3n) is 3.79. The Morgan fingerprint density at radius 3 is 2.36 bits per heavy atom. The lowest BCUT2D eigenvalue weighted by atomic mass is 10.1. The zero-order chi connectivity index (χ0) is 18.0. The normalized spacial score (nSPS) is 12.4. The highest BCUT2D eigenvalue weighted by Gasteiger charge is 2.34. The maximum Gasteiger partial charge on any atom is 0.339 e. The monoisotopic (exact) mass is 334 g/mol. The Bertz CT molecular complexity index is 918. The number of amides is 2. The van der Waals surface area contributed by atoms with Gasteiger partial charge < -0.3 is 10.5 Å². The van der Waals surface area contributed by atoms with Crippen molar-refractivity contribution in [3.05, 3.63) is 64.7 Å². The Kier molecular flexibility index (Phi) is 4.23. The van der Waals surface area contributed by atoms with Gasteiger partial charge in [-0.2, -0.15) is 0 Å². The molecule has 3 rings (SSSR count). The summed E-state index contributed by atoms with van der Waals surface area (Å²) < 4.78 is 4.71. The molecule has 2 aromatic rings. The Morgan fingerprint density at radius 2 is 1.76 bits per heavy atom. The van der Waals surface area contributed by atoms with Crippen LogP contribution in [0.15, 0.2) is 42.5 Å². The van der Waals surface area contributed by atoms with E-state index < -0.39 is 5.97 Å². The van der Waals surface area contributed by atoms with Crippen LogP contribution in [0.2, 0.25) is 0 Å². The molecule has 1 heterocycles. The molecule has 2 N–H and O–H groups in total. The number of ether oxygens (including phenoxy) is 1. The Labute approximate surface area is 144 Å². The van der Waals surface area contributed by atoms with Gasteiger partial charge in [0.15, 0.2) is 0 Å². The topological polar surface area (TPSA) is 89.7 Å². The summed E-state index contributed by atoms with van der Waals surface area (Å²) in [6.07, 6.45) is 0. The van der Waals surface area contributed by atoms with Crippen LogP contribution in [0.1, 0.15) is 36.6 Å². The summed E-state index contributed by atoms with van der Waals surface area (Å²) in [6.45, 7) is -0.0816. The van der Waals surface area contributed by atoms with E-state index >= 15 is 0 Å². The molecule has 0 fully saturated rings. The molecule has 0 aliphatic carbocycles. The molecule has 2 amide bonds. The van der Waals surface area contributed by atoms with E-state index in [1.165, 1.54) is 13.2 Å². The number of carbonyl (C=O) groups is 3. The molecule has 0 aromatic heterocycles. The molecule has 1 aliphatic heterocycles. The molecule has 2 aromatic carbocycles. The maximum atomic E-state index is 12.3. The highest BCUT2D eigenvalue weighted by molar-refractivity contribution is 6.21. The first-order valence-corrected chi connectivity index (χ1v) is 7.45. The van der Waals surface area contributed by atoms with Crippen LogP contribution in [-0.2, 0) is 4.74 Å². The molecule has 124 valence electrons. The highest BCUT2D eigenvalue weighted by atomic mass is 16.5. The van der Waals surface area contributed by atoms with Crippen molar-refractivity contribution < 1.29 is 19.1 Å². The van der Waals surface area contributed by atoms with Crippen molar-refractivity contribution in [2.24, 2.45) is 0 Å². The van der Waals surface area contributed by atoms with Gasteiger partial charge in [-0.05, 0) is 30.3 Å². The smallest absolute Gasteiger partial charge is 0.339 e. The van der Waals surface area contributed by atoms with Crippen molar-refractivity contribution in [1.29, 1.82) is 0 Å². The number of carbonyl (C=O) groups excluding carboxylic acids is 3. The predicted molar refractivity (Wildman–Crippen MR) is 90.9 cm³/mol. The van der Waals surface area contributed by atoms with Gasteiger partial charge in [0, 0.05) is 11.3 Å². The Balaban J connectivity index is 1.85. The Hall–Kier alpha value is -3.59. The van der Waals surface area contributed by atoms with Crippen LogP contribution in [-0.4, -0.2) is 36.3 Å². The lowest BCUT2D eigenvalue weighted by Gasteiger charge is -2.09. The number of rotatable bonds is 2. The molecule has 1 aliphatic rings. The van der Waals surface area contributed by atoms with E-state index in [9.17, 15) is 14.4 Å². The number of nitrogen functional groups attached to an aromatic ring is 1. The lowest BCUT2D eigenvalue weighted by molar-refractivity contribution is 0.0598. The van der Waals surface area contributed by atoms with Gasteiger partial charge in [0.05, 0.1) is 30.3 Å². The van der Waals surface area contributed by atoms with E-state index in [1.807, 2.05) is 0 Å². The first kappa shape index (κ1) is 16.3. The fourth-order valence-corrected chi connectivity index (χ4v) is 2.55. The number of fused-ring (bicyclic) bond motifs is 1. The molecular weight excluding hydrogens is 320 g/mol. The summed E-state index contributed by atoms with van der Waals surface area (Å²) >= 11 is 0. The number of hydrogen-bond donors (Lipinski definition) is 1. The summed E-state index contributed by atoms with van der Waals surface area (Å²) in [5.74, 6) is 4.25. The molecule has 25 heavy (non-hydrogen) atoms. The summed E-state index contributed by atoms with van der Waals surface area (Å²) in [6, 6.07) is 11.3. The average Bonchev–Trinajstić information content (AvgIpc) is 2.86. The number of methoxy groups -OCH3 is 1. The predicted octanol–water partition coefficient (Wildman–Crippen LogP) is 1.70. The van der Waals surface area contributed by atoms with Gasteiger partial charge in [-0.15, -0.1) is 0 Å². The average molecular weight is 334 g/mol. The van der Waals surface area contributed by atoms with E-state index in [0.29, 0.717) is 22.4 Å². The minimum absolute atomic E-state index is 0.0816. The standard InChI is InChI=1S/C19H14N2O4/c1-25-19(24)14-9-8-13(20)11-12(14)5-4-10-21-17(22)15-6-2-3-7-16(15)18(21)23/h2-3,6-9,11H,10,20H2,1H3. The largest absolute Gasteiger partial charge is 0.465 e. The number of hydrogen-bond acceptors (Lipinski definition) is 5. The molecular formula is C19H14N2O4. The van der Waals surface area contributed by atoms with Gasteiger partial charge in [-0.25, -0.2) is 4.79 Å². The van der Waals surface area contributed by atoms with E-state index in [2.05, 4.69) is 11.8 Å². The summed E-state index contributed by atoms with van der Waals surface area (Å²) in [5.41, 5.74) is 7.55. The second-order valence-corrected chi connectivity index (χ2v) is 5.34. The van der Waals surface area contributed by atoms with E-state index in [4.69, 9.17) is 10.5 Å². The van der Waals surface area contributed by atoms with Gasteiger partial charge in [-0.3, -0.25) is 14.5 Å². The number of nitrogens with zero attached hydrogens (tertiary/aromatic N) is 1. The van der Waals surface area contributed by atoms with Crippen LogP contribution in [0.25, 0.3) is 0 Å². The molecule has 6 heteroatoms. The molecule has 0 atom stereocenters. The Morgan fingerprint density at radius 1 is 1.12 bits per heavy atom. The molecule has 0 bridgehead atoms. The van der Waals surface area contributed by atoms with Gasteiger partial charge in [0.2, 0.25) is 0 Å². The lowest BCUT2D eigenvalue weighted by Crippen LogP contribution is -2.30. The van der Waals surface area contributed by atoms with Crippen LogP contribution in [0.3, 0.4) is 0 Å². The fraction of sp³-hybridized carbons (Fsp3) is 0.105. The zero-order valence-corrected chi connectivity index (χ0v) is 13.4. The van der Waals surface area contributed by atoms with Crippen LogP contribution in [0.4, 0.5) is 5.69 Å². The second-order valence-electron chi connectivity index (χ2n) is 5.34. The number of anilines is 1. The number of nitrogens with two attached hydrogens (primary N) is 1. The van der Waals surface area contributed by atoms with Gasteiger partial charge >= 0.3 is 5.97 Å². The summed E-state index contributed by atoms with van der Waals surface area (Å²) in [5, 5.41) is 0. The number of imide groups is 1. The van der Waals surface area contributed by atoms with Gasteiger partial charge in [0.25, 0.3) is 11.8 Å². The van der Waals surface area contributed by atoms with Crippen LogP contribution >= 0.6 is 0 Å². The summed E-state index contributed by atoms with van der Waals surface area (Å²) in [4.78, 5) is 37.4. The highest BCUT2D eigenvalue weighted by Crippen LogP contribution is 2.21. The van der Waals surface area contributed by atoms with Crippen LogP contribution in [0.5, 0.6) is 0 Å². The third kappa shape index (κ3) is 2.95. The quantitative estimate of drug-likeness (QED) is 0.391.